The van der Waals surface area contributed by atoms with Gasteiger partial charge in [0.05, 0.1) is 32.1 Å². The standard InChI is InChI=1S/C19H17ClN2O2S/c20-18-8-7-17(25-18)16-10-14(13-5-1-2-6-15(13)22-16)19(23)21-11-12-4-3-9-24-12/h1-2,5-8,10,12H,3-4,9,11H2,(H,21,23)/t12-/m0/s1. The lowest BCUT2D eigenvalue weighted by molar-refractivity contribution is 0.0859. The van der Waals surface area contributed by atoms with Gasteiger partial charge in [-0.15, -0.1) is 11.3 Å². The van der Waals surface area contributed by atoms with Crippen molar-refractivity contribution >= 4 is 39.7 Å². The lowest BCUT2D eigenvalue weighted by Crippen LogP contribution is -2.31. The van der Waals surface area contributed by atoms with Crippen LogP contribution in [0.4, 0.5) is 0 Å². The molecule has 0 spiro atoms. The van der Waals surface area contributed by atoms with Crippen LogP contribution in [0, 0.1) is 0 Å². The van der Waals surface area contributed by atoms with E-state index in [1.54, 1.807) is 0 Å². The molecule has 3 heterocycles. The van der Waals surface area contributed by atoms with Gasteiger partial charge in [0.25, 0.3) is 5.91 Å². The molecule has 128 valence electrons. The number of ether oxygens (including phenoxy) is 1. The van der Waals surface area contributed by atoms with E-state index >= 15 is 0 Å². The van der Waals surface area contributed by atoms with Gasteiger partial charge in [0.15, 0.2) is 0 Å². The van der Waals surface area contributed by atoms with Crippen molar-refractivity contribution < 1.29 is 9.53 Å². The summed E-state index contributed by atoms with van der Waals surface area (Å²) in [4.78, 5) is 18.4. The van der Waals surface area contributed by atoms with E-state index in [1.807, 2.05) is 42.5 Å². The highest BCUT2D eigenvalue weighted by molar-refractivity contribution is 7.19. The van der Waals surface area contributed by atoms with Crippen molar-refractivity contribution in [3.05, 3.63) is 52.4 Å². The molecule has 0 bridgehead atoms. The summed E-state index contributed by atoms with van der Waals surface area (Å²) in [6.07, 6.45) is 2.17. The molecule has 4 rings (SSSR count). The molecular weight excluding hydrogens is 356 g/mol. The van der Waals surface area contributed by atoms with Crippen LogP contribution < -0.4 is 5.32 Å². The molecule has 1 aliphatic heterocycles. The Labute approximate surface area is 154 Å². The average Bonchev–Trinajstić information content (AvgIpc) is 3.30. The molecule has 0 unspecified atom stereocenters. The number of hydrogen-bond donors (Lipinski definition) is 1. The highest BCUT2D eigenvalue weighted by atomic mass is 35.5. The molecular formula is C19H17ClN2O2S. The number of fused-ring (bicyclic) bond motifs is 1. The molecule has 1 aromatic carbocycles. The zero-order chi connectivity index (χ0) is 17.2. The van der Waals surface area contributed by atoms with Gasteiger partial charge in [-0.05, 0) is 37.1 Å². The monoisotopic (exact) mass is 372 g/mol. The Balaban J connectivity index is 1.69. The van der Waals surface area contributed by atoms with Crippen LogP contribution in [-0.2, 0) is 4.74 Å². The van der Waals surface area contributed by atoms with E-state index in [4.69, 9.17) is 16.3 Å². The Morgan fingerprint density at radius 1 is 1.32 bits per heavy atom. The zero-order valence-electron chi connectivity index (χ0n) is 13.5. The second-order valence-electron chi connectivity index (χ2n) is 6.02. The van der Waals surface area contributed by atoms with Crippen molar-refractivity contribution in [2.75, 3.05) is 13.2 Å². The number of carbonyl (C=O) groups excluding carboxylic acids is 1. The predicted octanol–water partition coefficient (Wildman–Crippen LogP) is 4.53. The molecule has 1 atom stereocenters. The predicted molar refractivity (Wildman–Crippen MR) is 101 cm³/mol. The number of benzene rings is 1. The summed E-state index contributed by atoms with van der Waals surface area (Å²) in [5, 5.41) is 3.85. The van der Waals surface area contributed by atoms with Crippen LogP contribution in [0.3, 0.4) is 0 Å². The van der Waals surface area contributed by atoms with E-state index in [0.717, 1.165) is 40.9 Å². The number of pyridine rings is 1. The Morgan fingerprint density at radius 2 is 2.20 bits per heavy atom. The van der Waals surface area contributed by atoms with Crippen molar-refractivity contribution in [2.45, 2.75) is 18.9 Å². The molecule has 1 N–H and O–H groups in total. The summed E-state index contributed by atoms with van der Waals surface area (Å²) in [5.74, 6) is -0.0991. The first kappa shape index (κ1) is 16.5. The third-order valence-electron chi connectivity index (χ3n) is 4.30. The highest BCUT2D eigenvalue weighted by Crippen LogP contribution is 2.32. The number of halogens is 1. The van der Waals surface area contributed by atoms with Crippen molar-refractivity contribution in [3.63, 3.8) is 0 Å². The normalized spacial score (nSPS) is 17.1. The number of nitrogens with zero attached hydrogens (tertiary/aromatic N) is 1. The highest BCUT2D eigenvalue weighted by Gasteiger charge is 2.19. The van der Waals surface area contributed by atoms with Gasteiger partial charge >= 0.3 is 0 Å². The molecule has 0 saturated carbocycles. The SMILES string of the molecule is O=C(NC[C@@H]1CCCO1)c1cc(-c2ccc(Cl)s2)nc2ccccc12. The molecule has 0 aliphatic carbocycles. The number of nitrogens with one attached hydrogen (secondary N) is 1. The fourth-order valence-corrected chi connectivity index (χ4v) is 4.05. The first-order valence-corrected chi connectivity index (χ1v) is 9.45. The van der Waals surface area contributed by atoms with E-state index in [1.165, 1.54) is 11.3 Å². The summed E-state index contributed by atoms with van der Waals surface area (Å²) in [7, 11) is 0. The average molecular weight is 373 g/mol. The number of rotatable bonds is 4. The van der Waals surface area contributed by atoms with E-state index in [2.05, 4.69) is 10.3 Å². The van der Waals surface area contributed by atoms with E-state index in [-0.39, 0.29) is 12.0 Å². The van der Waals surface area contributed by atoms with Gasteiger partial charge in [0.2, 0.25) is 0 Å². The second kappa shape index (κ2) is 7.12. The molecule has 25 heavy (non-hydrogen) atoms. The Hall–Kier alpha value is -1.95. The van der Waals surface area contributed by atoms with Crippen molar-refractivity contribution in [2.24, 2.45) is 0 Å². The van der Waals surface area contributed by atoms with Gasteiger partial charge in [0, 0.05) is 18.5 Å². The lowest BCUT2D eigenvalue weighted by Gasteiger charge is -2.13. The smallest absolute Gasteiger partial charge is 0.252 e. The van der Waals surface area contributed by atoms with Gasteiger partial charge in [-0.1, -0.05) is 29.8 Å². The fraction of sp³-hybridized carbons (Fsp3) is 0.263. The summed E-state index contributed by atoms with van der Waals surface area (Å²) < 4.78 is 6.29. The number of thiophene rings is 1. The quantitative estimate of drug-likeness (QED) is 0.732. The Morgan fingerprint density at radius 3 is 2.96 bits per heavy atom. The van der Waals surface area contributed by atoms with Crippen LogP contribution in [0.1, 0.15) is 23.2 Å². The maximum absolute atomic E-state index is 12.8. The molecule has 1 saturated heterocycles. The number of hydrogen-bond acceptors (Lipinski definition) is 4. The van der Waals surface area contributed by atoms with E-state index in [9.17, 15) is 4.79 Å². The molecule has 6 heteroatoms. The van der Waals surface area contributed by atoms with E-state index < -0.39 is 0 Å². The minimum atomic E-state index is -0.0991. The maximum atomic E-state index is 12.8. The lowest BCUT2D eigenvalue weighted by atomic mass is 10.1. The number of aromatic nitrogens is 1. The summed E-state index contributed by atoms with van der Waals surface area (Å²) in [6, 6.07) is 13.3. The van der Waals surface area contributed by atoms with E-state index in [0.29, 0.717) is 16.4 Å². The third-order valence-corrected chi connectivity index (χ3v) is 5.55. The van der Waals surface area contributed by atoms with Crippen molar-refractivity contribution in [1.29, 1.82) is 0 Å². The first-order chi connectivity index (χ1) is 12.2. The Bertz CT molecular complexity index is 919. The Kier molecular flexibility index (Phi) is 4.70. The summed E-state index contributed by atoms with van der Waals surface area (Å²) >= 11 is 7.51. The van der Waals surface area contributed by atoms with Gasteiger partial charge in [-0.3, -0.25) is 4.79 Å². The molecule has 3 aromatic rings. The van der Waals surface area contributed by atoms with Crippen molar-refractivity contribution in [1.82, 2.24) is 10.3 Å². The maximum Gasteiger partial charge on any atom is 0.252 e. The topological polar surface area (TPSA) is 51.2 Å². The molecule has 1 fully saturated rings. The summed E-state index contributed by atoms with van der Waals surface area (Å²) in [5.41, 5.74) is 2.19. The van der Waals surface area contributed by atoms with Crippen LogP contribution >= 0.6 is 22.9 Å². The minimum absolute atomic E-state index is 0.0991. The van der Waals surface area contributed by atoms with Gasteiger partial charge in [-0.2, -0.15) is 0 Å². The largest absolute Gasteiger partial charge is 0.376 e. The summed E-state index contributed by atoms with van der Waals surface area (Å²) in [6.45, 7) is 1.32. The first-order valence-electron chi connectivity index (χ1n) is 8.26. The zero-order valence-corrected chi connectivity index (χ0v) is 15.1. The third kappa shape index (κ3) is 3.54. The molecule has 0 radical (unpaired) electrons. The van der Waals surface area contributed by atoms with Crippen LogP contribution in [0.5, 0.6) is 0 Å². The van der Waals surface area contributed by atoms with Gasteiger partial charge < -0.3 is 10.1 Å². The second-order valence-corrected chi connectivity index (χ2v) is 7.74. The van der Waals surface area contributed by atoms with Crippen LogP contribution in [0.2, 0.25) is 4.34 Å². The van der Waals surface area contributed by atoms with Crippen LogP contribution in [-0.4, -0.2) is 30.1 Å². The number of carbonyl (C=O) groups is 1. The minimum Gasteiger partial charge on any atom is -0.376 e. The van der Waals surface area contributed by atoms with Gasteiger partial charge in [0.1, 0.15) is 0 Å². The molecule has 1 aliphatic rings. The molecule has 2 aromatic heterocycles. The van der Waals surface area contributed by atoms with Crippen LogP contribution in [0.25, 0.3) is 21.5 Å². The molecule has 4 nitrogen and oxygen atoms in total. The van der Waals surface area contributed by atoms with Crippen molar-refractivity contribution in [3.8, 4) is 10.6 Å². The molecule has 1 amide bonds. The number of amides is 1. The van der Waals surface area contributed by atoms with Crippen LogP contribution in [0.15, 0.2) is 42.5 Å². The fourth-order valence-electron chi connectivity index (χ4n) is 3.05. The number of para-hydroxylation sites is 1. The van der Waals surface area contributed by atoms with Gasteiger partial charge in [-0.25, -0.2) is 4.98 Å².